The van der Waals surface area contributed by atoms with Crippen molar-refractivity contribution in [2.45, 2.75) is 20.3 Å². The van der Waals surface area contributed by atoms with Crippen molar-refractivity contribution in [3.05, 3.63) is 0 Å². The molecule has 110 valence electrons. The van der Waals surface area contributed by atoms with Crippen LogP contribution in [0.15, 0.2) is 0 Å². The number of likely N-dealkylation sites (tertiary alicyclic amines) is 1. The maximum absolute atomic E-state index is 11.6. The van der Waals surface area contributed by atoms with Crippen LogP contribution in [0, 0.1) is 11.8 Å². The molecule has 1 aliphatic heterocycles. The molecule has 1 aliphatic rings. The Hall–Kier alpha value is -1.30. The first kappa shape index (κ1) is 15.8. The summed E-state index contributed by atoms with van der Waals surface area (Å²) >= 11 is 0. The van der Waals surface area contributed by atoms with E-state index in [9.17, 15) is 9.59 Å². The zero-order chi connectivity index (χ0) is 14.4. The number of carboxylic acids is 1. The van der Waals surface area contributed by atoms with Gasteiger partial charge in [0.1, 0.15) is 6.54 Å². The van der Waals surface area contributed by atoms with Crippen molar-refractivity contribution < 1.29 is 14.7 Å². The molecule has 1 unspecified atom stereocenters. The van der Waals surface area contributed by atoms with E-state index in [4.69, 9.17) is 5.11 Å². The highest BCUT2D eigenvalue weighted by atomic mass is 16.4. The van der Waals surface area contributed by atoms with E-state index in [2.05, 4.69) is 24.1 Å². The Morgan fingerprint density at radius 2 is 2.16 bits per heavy atom. The normalized spacial score (nSPS) is 19.7. The molecule has 6 heteroatoms. The molecule has 0 spiro atoms. The number of carbonyl (C=O) groups excluding carboxylic acids is 1. The number of carboxylic acid groups (broad SMARTS) is 1. The van der Waals surface area contributed by atoms with E-state index in [0.29, 0.717) is 18.4 Å². The van der Waals surface area contributed by atoms with Gasteiger partial charge in [-0.15, -0.1) is 0 Å². The summed E-state index contributed by atoms with van der Waals surface area (Å²) in [6.07, 6.45) is 1.10. The Morgan fingerprint density at radius 3 is 2.74 bits per heavy atom. The highest BCUT2D eigenvalue weighted by molar-refractivity contribution is 5.79. The molecule has 0 bridgehead atoms. The zero-order valence-corrected chi connectivity index (χ0v) is 12.1. The smallest absolute Gasteiger partial charge is 0.323 e. The fourth-order valence-electron chi connectivity index (χ4n) is 2.50. The maximum Gasteiger partial charge on any atom is 0.323 e. The fourth-order valence-corrected chi connectivity index (χ4v) is 2.50. The highest BCUT2D eigenvalue weighted by Gasteiger charge is 2.25. The first-order chi connectivity index (χ1) is 8.88. The van der Waals surface area contributed by atoms with Crippen LogP contribution in [0.25, 0.3) is 0 Å². The molecule has 19 heavy (non-hydrogen) atoms. The van der Waals surface area contributed by atoms with Crippen LogP contribution in [0.5, 0.6) is 0 Å². The number of carbonyl (C=O) groups is 2. The van der Waals surface area contributed by atoms with Gasteiger partial charge in [0.15, 0.2) is 0 Å². The van der Waals surface area contributed by atoms with Gasteiger partial charge in [0.2, 0.25) is 0 Å². The molecule has 0 aromatic heterocycles. The Labute approximate surface area is 114 Å². The number of urea groups is 1. The van der Waals surface area contributed by atoms with Crippen LogP contribution in [-0.2, 0) is 4.79 Å². The molecular weight excluding hydrogens is 246 g/mol. The predicted molar refractivity (Wildman–Crippen MR) is 73.0 cm³/mol. The first-order valence-electron chi connectivity index (χ1n) is 6.81. The average Bonchev–Trinajstić information content (AvgIpc) is 2.72. The number of hydrogen-bond acceptors (Lipinski definition) is 3. The number of aliphatic carboxylic acids is 1. The third kappa shape index (κ3) is 5.92. The van der Waals surface area contributed by atoms with E-state index in [1.807, 2.05) is 0 Å². The quantitative estimate of drug-likeness (QED) is 0.745. The summed E-state index contributed by atoms with van der Waals surface area (Å²) in [6, 6.07) is -0.315. The Kier molecular flexibility index (Phi) is 6.08. The molecule has 1 fully saturated rings. The third-order valence-electron chi connectivity index (χ3n) is 3.26. The standard InChI is InChI=1S/C13H25N3O3/c1-10(2)7-16-5-4-11(9-16)8-15(3)13(19)14-6-12(17)18/h10-11H,4-9H2,1-3H3,(H,14,19)(H,17,18). The zero-order valence-electron chi connectivity index (χ0n) is 12.1. The number of rotatable bonds is 6. The lowest BCUT2D eigenvalue weighted by atomic mass is 10.1. The Balaban J connectivity index is 2.27. The predicted octanol–water partition coefficient (Wildman–Crippen LogP) is 0.690. The second kappa shape index (κ2) is 7.33. The van der Waals surface area contributed by atoms with Crippen LogP contribution in [0.2, 0.25) is 0 Å². The minimum atomic E-state index is -1.02. The Bertz CT molecular complexity index is 320. The number of nitrogens with one attached hydrogen (secondary N) is 1. The number of nitrogens with zero attached hydrogens (tertiary/aromatic N) is 2. The second-order valence-electron chi connectivity index (χ2n) is 5.74. The van der Waals surface area contributed by atoms with Gasteiger partial charge in [0.25, 0.3) is 0 Å². The molecule has 2 amide bonds. The van der Waals surface area contributed by atoms with E-state index in [0.717, 1.165) is 26.1 Å². The minimum absolute atomic E-state index is 0.315. The van der Waals surface area contributed by atoms with Gasteiger partial charge in [-0.25, -0.2) is 4.79 Å². The minimum Gasteiger partial charge on any atom is -0.480 e. The molecule has 2 N–H and O–H groups in total. The molecule has 1 heterocycles. The van der Waals surface area contributed by atoms with E-state index in [1.165, 1.54) is 0 Å². The van der Waals surface area contributed by atoms with Gasteiger partial charge < -0.3 is 20.2 Å². The summed E-state index contributed by atoms with van der Waals surface area (Å²) in [6.45, 7) is 7.98. The second-order valence-corrected chi connectivity index (χ2v) is 5.74. The van der Waals surface area contributed by atoms with Gasteiger partial charge in [0, 0.05) is 26.7 Å². The van der Waals surface area contributed by atoms with Gasteiger partial charge in [0.05, 0.1) is 0 Å². The summed E-state index contributed by atoms with van der Waals surface area (Å²) in [4.78, 5) is 26.0. The number of hydrogen-bond donors (Lipinski definition) is 2. The van der Waals surface area contributed by atoms with E-state index >= 15 is 0 Å². The average molecular weight is 271 g/mol. The van der Waals surface area contributed by atoms with Crippen molar-refractivity contribution in [3.63, 3.8) is 0 Å². The molecule has 0 aromatic carbocycles. The van der Waals surface area contributed by atoms with Crippen molar-refractivity contribution in [2.24, 2.45) is 11.8 Å². The molecule has 0 radical (unpaired) electrons. The van der Waals surface area contributed by atoms with Gasteiger partial charge >= 0.3 is 12.0 Å². The van der Waals surface area contributed by atoms with Crippen molar-refractivity contribution in [1.29, 1.82) is 0 Å². The molecule has 0 aliphatic carbocycles. The molecular formula is C13H25N3O3. The van der Waals surface area contributed by atoms with Crippen molar-refractivity contribution in [1.82, 2.24) is 15.1 Å². The van der Waals surface area contributed by atoms with Gasteiger partial charge in [-0.1, -0.05) is 13.8 Å². The van der Waals surface area contributed by atoms with E-state index in [1.54, 1.807) is 11.9 Å². The van der Waals surface area contributed by atoms with Gasteiger partial charge in [-0.2, -0.15) is 0 Å². The van der Waals surface area contributed by atoms with Crippen LogP contribution >= 0.6 is 0 Å². The molecule has 0 aromatic rings. The maximum atomic E-state index is 11.6. The molecule has 6 nitrogen and oxygen atoms in total. The fraction of sp³-hybridized carbons (Fsp3) is 0.846. The van der Waals surface area contributed by atoms with Crippen molar-refractivity contribution in [2.75, 3.05) is 39.8 Å². The van der Waals surface area contributed by atoms with Crippen molar-refractivity contribution in [3.8, 4) is 0 Å². The van der Waals surface area contributed by atoms with Gasteiger partial charge in [-0.05, 0) is 24.8 Å². The first-order valence-corrected chi connectivity index (χ1v) is 6.81. The lowest BCUT2D eigenvalue weighted by Gasteiger charge is -2.22. The van der Waals surface area contributed by atoms with E-state index in [-0.39, 0.29) is 12.6 Å². The lowest BCUT2D eigenvalue weighted by Crippen LogP contribution is -2.42. The summed E-state index contributed by atoms with van der Waals surface area (Å²) in [5.74, 6) is 0.125. The van der Waals surface area contributed by atoms with Crippen molar-refractivity contribution >= 4 is 12.0 Å². The summed E-state index contributed by atoms with van der Waals surface area (Å²) in [7, 11) is 1.71. The molecule has 1 saturated heterocycles. The highest BCUT2D eigenvalue weighted by Crippen LogP contribution is 2.18. The summed E-state index contributed by atoms with van der Waals surface area (Å²) in [5, 5.41) is 10.9. The van der Waals surface area contributed by atoms with Crippen LogP contribution in [0.1, 0.15) is 20.3 Å². The topological polar surface area (TPSA) is 72.9 Å². The third-order valence-corrected chi connectivity index (χ3v) is 3.26. The summed E-state index contributed by atoms with van der Waals surface area (Å²) in [5.41, 5.74) is 0. The van der Waals surface area contributed by atoms with Crippen LogP contribution in [-0.4, -0.2) is 66.7 Å². The molecule has 0 saturated carbocycles. The van der Waals surface area contributed by atoms with Gasteiger partial charge in [-0.3, -0.25) is 4.79 Å². The lowest BCUT2D eigenvalue weighted by molar-refractivity contribution is -0.135. The largest absolute Gasteiger partial charge is 0.480 e. The number of amides is 2. The van der Waals surface area contributed by atoms with Crippen LogP contribution < -0.4 is 5.32 Å². The van der Waals surface area contributed by atoms with Crippen LogP contribution in [0.3, 0.4) is 0 Å². The molecule has 1 rings (SSSR count). The SMILES string of the molecule is CC(C)CN1CCC(CN(C)C(=O)NCC(=O)O)C1. The Morgan fingerprint density at radius 1 is 1.47 bits per heavy atom. The van der Waals surface area contributed by atoms with Crippen LogP contribution in [0.4, 0.5) is 4.79 Å². The molecule has 1 atom stereocenters. The monoisotopic (exact) mass is 271 g/mol. The summed E-state index contributed by atoms with van der Waals surface area (Å²) < 4.78 is 0. The van der Waals surface area contributed by atoms with E-state index < -0.39 is 5.97 Å².